The Morgan fingerprint density at radius 3 is 2.40 bits per heavy atom. The number of rotatable bonds is 7. The fourth-order valence-electron chi connectivity index (χ4n) is 4.93. The molecule has 2 rings (SSSR count). The molecule has 2 aliphatic rings. The molecule has 142 valence electrons. The summed E-state index contributed by atoms with van der Waals surface area (Å²) in [6.07, 6.45) is 3.38. The van der Waals surface area contributed by atoms with Crippen LogP contribution in [-0.4, -0.2) is 42.1 Å². The second kappa shape index (κ2) is 6.94. The molecule has 4 N–H and O–H groups in total. The molecule has 4 unspecified atom stereocenters. The van der Waals surface area contributed by atoms with Crippen LogP contribution in [0, 0.1) is 22.7 Å². The number of carboxylic acid groups (broad SMARTS) is 1. The van der Waals surface area contributed by atoms with Crippen molar-refractivity contribution in [2.45, 2.75) is 65.0 Å². The minimum atomic E-state index is -1.18. The standard InChI is InChI=1S/C18H30N2O5/c1-17(2)10-5-6-18(17,3)11(7-10)8-13(16(24)25-4)20-15(23)12(19)9-14(21)22/h10-13H,5-9,19H2,1-4H3,(H,20,23)(H,21,22)/t10?,11?,12-,13?,18?/m0/s1. The average Bonchev–Trinajstić information content (AvgIpc) is 2.85. The molecule has 2 aliphatic carbocycles. The fourth-order valence-corrected chi connectivity index (χ4v) is 4.93. The van der Waals surface area contributed by atoms with Crippen LogP contribution in [-0.2, 0) is 19.1 Å². The maximum atomic E-state index is 12.2. The van der Waals surface area contributed by atoms with Gasteiger partial charge in [0.2, 0.25) is 5.91 Å². The van der Waals surface area contributed by atoms with Gasteiger partial charge in [-0.15, -0.1) is 0 Å². The van der Waals surface area contributed by atoms with Crippen LogP contribution in [0.2, 0.25) is 0 Å². The van der Waals surface area contributed by atoms with E-state index in [1.807, 2.05) is 0 Å². The van der Waals surface area contributed by atoms with E-state index in [0.717, 1.165) is 12.8 Å². The van der Waals surface area contributed by atoms with E-state index in [1.54, 1.807) is 0 Å². The monoisotopic (exact) mass is 354 g/mol. The number of hydrogen-bond donors (Lipinski definition) is 3. The SMILES string of the molecule is COC(=O)C(CC1CC2CCC1(C)C2(C)C)NC(=O)[C@@H](N)CC(=O)O. The van der Waals surface area contributed by atoms with E-state index in [-0.39, 0.29) is 10.8 Å². The number of methoxy groups -OCH3 is 1. The van der Waals surface area contributed by atoms with Crippen LogP contribution < -0.4 is 11.1 Å². The quantitative estimate of drug-likeness (QED) is 0.593. The summed E-state index contributed by atoms with van der Waals surface area (Å²) >= 11 is 0. The van der Waals surface area contributed by atoms with Crippen LogP contribution in [0.4, 0.5) is 0 Å². The van der Waals surface area contributed by atoms with Gasteiger partial charge in [0.05, 0.1) is 19.6 Å². The van der Waals surface area contributed by atoms with Crippen molar-refractivity contribution in [3.05, 3.63) is 0 Å². The smallest absolute Gasteiger partial charge is 0.328 e. The minimum absolute atomic E-state index is 0.123. The molecule has 0 spiro atoms. The van der Waals surface area contributed by atoms with Crippen LogP contribution in [0.15, 0.2) is 0 Å². The molecular formula is C18H30N2O5. The third-order valence-electron chi connectivity index (χ3n) is 7.03. The number of carbonyl (C=O) groups is 3. The fraction of sp³-hybridized carbons (Fsp3) is 0.833. The normalized spacial score (nSPS) is 32.0. The van der Waals surface area contributed by atoms with Crippen LogP contribution in [0.25, 0.3) is 0 Å². The maximum absolute atomic E-state index is 12.2. The van der Waals surface area contributed by atoms with E-state index < -0.39 is 36.4 Å². The average molecular weight is 354 g/mol. The van der Waals surface area contributed by atoms with Gasteiger partial charge in [-0.05, 0) is 48.3 Å². The van der Waals surface area contributed by atoms with Crippen molar-refractivity contribution < 1.29 is 24.2 Å². The third kappa shape index (κ3) is 3.52. The highest BCUT2D eigenvalue weighted by atomic mass is 16.5. The molecule has 7 heteroatoms. The first kappa shape index (κ1) is 19.7. The predicted octanol–water partition coefficient (Wildman–Crippen LogP) is 1.30. The number of esters is 1. The number of hydrogen-bond acceptors (Lipinski definition) is 5. The van der Waals surface area contributed by atoms with Crippen LogP contribution in [0.1, 0.15) is 52.9 Å². The summed E-state index contributed by atoms with van der Waals surface area (Å²) in [4.78, 5) is 35.0. The Labute approximate surface area is 148 Å². The second-order valence-corrected chi connectivity index (χ2v) is 8.33. The first-order valence-electron chi connectivity index (χ1n) is 8.88. The van der Waals surface area contributed by atoms with Crippen molar-refractivity contribution >= 4 is 17.8 Å². The van der Waals surface area contributed by atoms with Crippen molar-refractivity contribution in [3.8, 4) is 0 Å². The lowest BCUT2D eigenvalue weighted by Crippen LogP contribution is -2.50. The van der Waals surface area contributed by atoms with Gasteiger partial charge >= 0.3 is 11.9 Å². The molecule has 2 saturated carbocycles. The zero-order valence-electron chi connectivity index (χ0n) is 15.5. The van der Waals surface area contributed by atoms with Crippen molar-refractivity contribution in [3.63, 3.8) is 0 Å². The summed E-state index contributed by atoms with van der Waals surface area (Å²) in [7, 11) is 1.28. The number of nitrogens with one attached hydrogen (secondary N) is 1. The highest BCUT2D eigenvalue weighted by molar-refractivity contribution is 5.89. The largest absolute Gasteiger partial charge is 0.481 e. The molecule has 2 fully saturated rings. The van der Waals surface area contributed by atoms with Crippen molar-refractivity contribution in [2.24, 2.45) is 28.4 Å². The summed E-state index contributed by atoms with van der Waals surface area (Å²) in [6, 6.07) is -1.98. The number of nitrogens with two attached hydrogens (primary N) is 1. The Bertz CT molecular complexity index is 562. The van der Waals surface area contributed by atoms with Crippen LogP contribution in [0.3, 0.4) is 0 Å². The number of carbonyl (C=O) groups excluding carboxylic acids is 2. The first-order chi connectivity index (χ1) is 11.5. The highest BCUT2D eigenvalue weighted by Crippen LogP contribution is 2.68. The number of carboxylic acids is 1. The zero-order chi connectivity index (χ0) is 19.0. The van der Waals surface area contributed by atoms with Crippen molar-refractivity contribution in [1.29, 1.82) is 0 Å². The maximum Gasteiger partial charge on any atom is 0.328 e. The van der Waals surface area contributed by atoms with Gasteiger partial charge in [0.25, 0.3) is 0 Å². The summed E-state index contributed by atoms with van der Waals surface area (Å²) in [6.45, 7) is 6.86. The van der Waals surface area contributed by atoms with E-state index in [2.05, 4.69) is 26.1 Å². The molecule has 0 radical (unpaired) electrons. The molecule has 0 aromatic carbocycles. The Kier molecular flexibility index (Phi) is 5.47. The van der Waals surface area contributed by atoms with Crippen molar-refractivity contribution in [1.82, 2.24) is 5.32 Å². The summed E-state index contributed by atoms with van der Waals surface area (Å²) < 4.78 is 4.84. The summed E-state index contributed by atoms with van der Waals surface area (Å²) in [5.41, 5.74) is 5.93. The van der Waals surface area contributed by atoms with Gasteiger partial charge in [-0.1, -0.05) is 20.8 Å². The Hall–Kier alpha value is -1.63. The molecular weight excluding hydrogens is 324 g/mol. The highest BCUT2D eigenvalue weighted by Gasteiger charge is 2.61. The topological polar surface area (TPSA) is 119 Å². The molecule has 0 saturated heterocycles. The van der Waals surface area contributed by atoms with Crippen LogP contribution >= 0.6 is 0 Å². The molecule has 1 amide bonds. The molecule has 0 aliphatic heterocycles. The van der Waals surface area contributed by atoms with Gasteiger partial charge in [-0.2, -0.15) is 0 Å². The Morgan fingerprint density at radius 2 is 1.96 bits per heavy atom. The van der Waals surface area contributed by atoms with E-state index in [4.69, 9.17) is 15.6 Å². The minimum Gasteiger partial charge on any atom is -0.481 e. The van der Waals surface area contributed by atoms with Crippen LogP contribution in [0.5, 0.6) is 0 Å². The van der Waals surface area contributed by atoms with Gasteiger partial charge in [-0.3, -0.25) is 9.59 Å². The van der Waals surface area contributed by atoms with Gasteiger partial charge in [0.1, 0.15) is 6.04 Å². The second-order valence-electron chi connectivity index (χ2n) is 8.33. The Balaban J connectivity index is 2.08. The van der Waals surface area contributed by atoms with E-state index in [9.17, 15) is 14.4 Å². The lowest BCUT2D eigenvalue weighted by Gasteiger charge is -2.40. The van der Waals surface area contributed by atoms with Gasteiger partial charge in [0.15, 0.2) is 0 Å². The molecule has 25 heavy (non-hydrogen) atoms. The molecule has 7 nitrogen and oxygen atoms in total. The lowest BCUT2D eigenvalue weighted by atomic mass is 9.65. The number of amides is 1. The van der Waals surface area contributed by atoms with Gasteiger partial charge in [0, 0.05) is 0 Å². The van der Waals surface area contributed by atoms with Gasteiger partial charge in [-0.25, -0.2) is 4.79 Å². The van der Waals surface area contributed by atoms with Gasteiger partial charge < -0.3 is 20.9 Å². The van der Waals surface area contributed by atoms with E-state index in [0.29, 0.717) is 18.3 Å². The summed E-state index contributed by atoms with van der Waals surface area (Å²) in [5, 5.41) is 11.4. The summed E-state index contributed by atoms with van der Waals surface area (Å²) in [5.74, 6) is -1.36. The van der Waals surface area contributed by atoms with E-state index >= 15 is 0 Å². The van der Waals surface area contributed by atoms with E-state index in [1.165, 1.54) is 13.5 Å². The number of aliphatic carboxylic acids is 1. The van der Waals surface area contributed by atoms with Crippen molar-refractivity contribution in [2.75, 3.05) is 7.11 Å². The zero-order valence-corrected chi connectivity index (χ0v) is 15.5. The number of fused-ring (bicyclic) bond motifs is 2. The molecule has 0 aromatic rings. The Morgan fingerprint density at radius 1 is 1.32 bits per heavy atom. The molecule has 0 heterocycles. The third-order valence-corrected chi connectivity index (χ3v) is 7.03. The molecule has 2 bridgehead atoms. The first-order valence-corrected chi connectivity index (χ1v) is 8.88. The lowest BCUT2D eigenvalue weighted by molar-refractivity contribution is -0.146. The molecule has 5 atom stereocenters. The predicted molar refractivity (Wildman–Crippen MR) is 91.5 cm³/mol. The number of ether oxygens (including phenoxy) is 1. The molecule has 0 aromatic heterocycles.